The molecule has 0 atom stereocenters. The predicted octanol–water partition coefficient (Wildman–Crippen LogP) is 5.63. The molecule has 0 bridgehead atoms. The molecule has 0 radical (unpaired) electrons. The molecule has 208 valence electrons. The fourth-order valence-corrected chi connectivity index (χ4v) is 6.18. The molecule has 7 nitrogen and oxygen atoms in total. The normalized spacial score (nSPS) is 22.0. The van der Waals surface area contributed by atoms with E-state index in [1.807, 2.05) is 32.9 Å². The van der Waals surface area contributed by atoms with E-state index in [4.69, 9.17) is 9.57 Å². The molecule has 3 aliphatic heterocycles. The second-order valence-corrected chi connectivity index (χ2v) is 12.5. The van der Waals surface area contributed by atoms with Crippen molar-refractivity contribution in [2.75, 3.05) is 26.2 Å². The van der Waals surface area contributed by atoms with Gasteiger partial charge in [-0.25, -0.2) is 4.39 Å². The lowest BCUT2D eigenvalue weighted by Gasteiger charge is -2.46. The number of rotatable bonds is 7. The molecule has 1 spiro atoms. The highest BCUT2D eigenvalue weighted by Gasteiger charge is 2.51. The number of carbonyl (C=O) groups is 1. The number of benzene rings is 2. The zero-order valence-electron chi connectivity index (χ0n) is 23.1. The van der Waals surface area contributed by atoms with Crippen LogP contribution in [0.1, 0.15) is 69.9 Å². The van der Waals surface area contributed by atoms with Gasteiger partial charge in [-0.15, -0.1) is 0 Å². The molecule has 39 heavy (non-hydrogen) atoms. The molecular weight excluding hydrogens is 497 g/mol. The first-order valence-corrected chi connectivity index (χ1v) is 14.2. The molecule has 0 amide bonds. The topological polar surface area (TPSA) is 74.6 Å². The van der Waals surface area contributed by atoms with Gasteiger partial charge >= 0.3 is 5.97 Å². The maximum atomic E-state index is 13.6. The highest BCUT2D eigenvalue weighted by atomic mass is 19.1. The Kier molecular flexibility index (Phi) is 6.57. The summed E-state index contributed by atoms with van der Waals surface area (Å²) in [6.45, 7) is 9.67. The van der Waals surface area contributed by atoms with Gasteiger partial charge in [0.25, 0.3) is 0 Å². The first-order valence-electron chi connectivity index (χ1n) is 14.2. The number of ether oxygens (including phenoxy) is 1. The Morgan fingerprint density at radius 1 is 1.18 bits per heavy atom. The van der Waals surface area contributed by atoms with E-state index in [1.165, 1.54) is 36.1 Å². The van der Waals surface area contributed by atoms with Crippen molar-refractivity contribution in [3.8, 4) is 16.9 Å². The van der Waals surface area contributed by atoms with Gasteiger partial charge < -0.3 is 19.6 Å². The van der Waals surface area contributed by atoms with E-state index in [1.54, 1.807) is 0 Å². The lowest BCUT2D eigenvalue weighted by molar-refractivity contribution is -0.150. The third-order valence-corrected chi connectivity index (χ3v) is 8.76. The summed E-state index contributed by atoms with van der Waals surface area (Å²) in [5.41, 5.74) is 3.71. The minimum absolute atomic E-state index is 0.0426. The van der Waals surface area contributed by atoms with E-state index in [0.29, 0.717) is 31.8 Å². The van der Waals surface area contributed by atoms with Crippen molar-refractivity contribution in [3.63, 3.8) is 0 Å². The quantitative estimate of drug-likeness (QED) is 0.495. The largest absolute Gasteiger partial charge is 0.491 e. The molecule has 2 saturated heterocycles. The summed E-state index contributed by atoms with van der Waals surface area (Å²) in [4.78, 5) is 22.2. The maximum absolute atomic E-state index is 13.6. The first-order chi connectivity index (χ1) is 18.6. The van der Waals surface area contributed by atoms with Gasteiger partial charge in [-0.05, 0) is 93.3 Å². The third kappa shape index (κ3) is 5.23. The molecular formula is C31H38FN3O4. The molecule has 3 fully saturated rings. The van der Waals surface area contributed by atoms with Crippen LogP contribution in [0, 0.1) is 11.2 Å². The number of hydrogen-bond acceptors (Lipinski definition) is 6. The van der Waals surface area contributed by atoms with E-state index in [9.17, 15) is 14.3 Å². The van der Waals surface area contributed by atoms with Gasteiger partial charge in [0.1, 0.15) is 17.4 Å². The third-order valence-electron chi connectivity index (χ3n) is 8.76. The van der Waals surface area contributed by atoms with Gasteiger partial charge in [-0.3, -0.25) is 9.69 Å². The standard InChI is InChI=1S/C31H38FN3O4/c1-20(2)38-27-15-26(22-6-8-24(32)9-7-22)25(21-4-5-21)14-23(27)17-34-18-31(19-34)16-28(33-39-31)35-12-10-30(3,11-13-35)29(36)37/h6-9,14-15,20-21H,4-5,10-13,16-19H2,1-3H3,(H,36,37). The van der Waals surface area contributed by atoms with Crippen molar-refractivity contribution in [3.05, 3.63) is 53.3 Å². The first kappa shape index (κ1) is 26.1. The summed E-state index contributed by atoms with van der Waals surface area (Å²) in [5.74, 6) is 1.43. The highest BCUT2D eigenvalue weighted by Crippen LogP contribution is 2.47. The van der Waals surface area contributed by atoms with Crippen LogP contribution >= 0.6 is 0 Å². The summed E-state index contributed by atoms with van der Waals surface area (Å²) >= 11 is 0. The Morgan fingerprint density at radius 2 is 1.87 bits per heavy atom. The Hall–Kier alpha value is -3.13. The molecule has 0 aromatic heterocycles. The zero-order chi connectivity index (χ0) is 27.4. The zero-order valence-corrected chi connectivity index (χ0v) is 23.1. The van der Waals surface area contributed by atoms with Crippen LogP contribution in [0.2, 0.25) is 0 Å². The number of carboxylic acid groups (broad SMARTS) is 1. The molecule has 4 aliphatic rings. The second-order valence-electron chi connectivity index (χ2n) is 12.5. The van der Waals surface area contributed by atoms with Crippen LogP contribution < -0.4 is 4.74 Å². The molecule has 1 saturated carbocycles. The van der Waals surface area contributed by atoms with Crippen molar-refractivity contribution in [1.29, 1.82) is 0 Å². The SMILES string of the molecule is CC(C)Oc1cc(-c2ccc(F)cc2)c(C2CC2)cc1CN1CC2(CC(N3CCC(C)(C(=O)O)CC3)=NO2)C1. The molecule has 1 aliphatic carbocycles. The van der Waals surface area contributed by atoms with Crippen molar-refractivity contribution >= 4 is 11.8 Å². The summed E-state index contributed by atoms with van der Waals surface area (Å²) in [7, 11) is 0. The van der Waals surface area contributed by atoms with Gasteiger partial charge in [0, 0.05) is 38.3 Å². The molecule has 2 aromatic carbocycles. The van der Waals surface area contributed by atoms with Crippen molar-refractivity contribution in [2.45, 2.75) is 77.0 Å². The van der Waals surface area contributed by atoms with Crippen LogP contribution in [0.4, 0.5) is 4.39 Å². The Labute approximate surface area is 229 Å². The Balaban J connectivity index is 1.14. The number of oxime groups is 1. The lowest BCUT2D eigenvalue weighted by Crippen LogP contribution is -2.61. The van der Waals surface area contributed by atoms with Crippen LogP contribution in [0.15, 0.2) is 41.6 Å². The summed E-state index contributed by atoms with van der Waals surface area (Å²) in [6, 6.07) is 11.2. The number of piperidine rings is 1. The number of halogens is 1. The minimum atomic E-state index is -0.714. The predicted molar refractivity (Wildman–Crippen MR) is 147 cm³/mol. The minimum Gasteiger partial charge on any atom is -0.491 e. The fourth-order valence-electron chi connectivity index (χ4n) is 6.18. The average molecular weight is 536 g/mol. The van der Waals surface area contributed by atoms with E-state index < -0.39 is 11.4 Å². The Bertz CT molecular complexity index is 1270. The molecule has 0 unspecified atom stereocenters. The van der Waals surface area contributed by atoms with E-state index >= 15 is 0 Å². The van der Waals surface area contributed by atoms with Crippen molar-refractivity contribution in [2.24, 2.45) is 10.6 Å². The second kappa shape index (κ2) is 9.81. The molecule has 8 heteroatoms. The highest BCUT2D eigenvalue weighted by molar-refractivity contribution is 5.85. The number of amidine groups is 1. The van der Waals surface area contributed by atoms with E-state index in [2.05, 4.69) is 27.1 Å². The average Bonchev–Trinajstić information content (AvgIpc) is 3.63. The summed E-state index contributed by atoms with van der Waals surface area (Å²) in [5, 5.41) is 14.0. The maximum Gasteiger partial charge on any atom is 0.309 e. The smallest absolute Gasteiger partial charge is 0.309 e. The molecule has 1 N–H and O–H groups in total. The van der Waals surface area contributed by atoms with Crippen molar-refractivity contribution in [1.82, 2.24) is 9.80 Å². The molecule has 6 rings (SSSR count). The van der Waals surface area contributed by atoms with Crippen LogP contribution in [-0.4, -0.2) is 64.6 Å². The van der Waals surface area contributed by atoms with Crippen LogP contribution in [0.5, 0.6) is 5.75 Å². The van der Waals surface area contributed by atoms with Crippen LogP contribution in [0.25, 0.3) is 11.1 Å². The summed E-state index contributed by atoms with van der Waals surface area (Å²) < 4.78 is 19.9. The van der Waals surface area contributed by atoms with Crippen LogP contribution in [-0.2, 0) is 16.2 Å². The van der Waals surface area contributed by atoms with E-state index in [0.717, 1.165) is 48.8 Å². The molecule has 3 heterocycles. The van der Waals surface area contributed by atoms with E-state index in [-0.39, 0.29) is 17.5 Å². The van der Waals surface area contributed by atoms with Gasteiger partial charge in [0.2, 0.25) is 0 Å². The molecule has 2 aromatic rings. The lowest BCUT2D eigenvalue weighted by atomic mass is 9.80. The Morgan fingerprint density at radius 3 is 2.49 bits per heavy atom. The number of hydrogen-bond donors (Lipinski definition) is 1. The van der Waals surface area contributed by atoms with Gasteiger partial charge in [-0.2, -0.15) is 0 Å². The van der Waals surface area contributed by atoms with Crippen LogP contribution in [0.3, 0.4) is 0 Å². The number of nitrogens with zero attached hydrogens (tertiary/aromatic N) is 3. The number of likely N-dealkylation sites (tertiary alicyclic amines) is 2. The van der Waals surface area contributed by atoms with Crippen molar-refractivity contribution < 1.29 is 23.9 Å². The number of aliphatic carboxylic acids is 1. The summed E-state index contributed by atoms with van der Waals surface area (Å²) in [6.07, 6.45) is 4.41. The van der Waals surface area contributed by atoms with Gasteiger partial charge in [-0.1, -0.05) is 17.3 Å². The van der Waals surface area contributed by atoms with Gasteiger partial charge in [0.15, 0.2) is 5.60 Å². The fraction of sp³-hybridized carbons (Fsp3) is 0.548. The van der Waals surface area contributed by atoms with Gasteiger partial charge in [0.05, 0.1) is 17.9 Å². The monoisotopic (exact) mass is 535 g/mol. The number of carboxylic acids is 1.